The van der Waals surface area contributed by atoms with Gasteiger partial charge in [-0.15, -0.1) is 11.3 Å². The average molecular weight is 352 g/mol. The average Bonchev–Trinajstić information content (AvgIpc) is 3.04. The SMILES string of the molecule is CC(N)=C(C#N)C(=O)COC(=O)c1cc2c(s1)-c1ccccc1CC2. The summed E-state index contributed by atoms with van der Waals surface area (Å²) in [5, 5.41) is 8.91. The zero-order valence-electron chi connectivity index (χ0n) is 13.7. The molecular formula is C19H16N2O3S. The summed E-state index contributed by atoms with van der Waals surface area (Å²) >= 11 is 1.37. The Balaban J connectivity index is 1.76. The van der Waals surface area contributed by atoms with Gasteiger partial charge < -0.3 is 10.5 Å². The number of allylic oxidation sites excluding steroid dienone is 1. The van der Waals surface area contributed by atoms with E-state index in [1.165, 1.54) is 23.8 Å². The number of benzene rings is 1. The molecule has 0 spiro atoms. The maximum atomic E-state index is 12.3. The number of hydrogen-bond acceptors (Lipinski definition) is 6. The van der Waals surface area contributed by atoms with Crippen LogP contribution in [0.2, 0.25) is 0 Å². The van der Waals surface area contributed by atoms with Crippen LogP contribution in [-0.4, -0.2) is 18.4 Å². The highest BCUT2D eigenvalue weighted by molar-refractivity contribution is 7.17. The van der Waals surface area contributed by atoms with Gasteiger partial charge in [-0.25, -0.2) is 4.79 Å². The molecule has 1 aliphatic rings. The van der Waals surface area contributed by atoms with Gasteiger partial charge in [0.05, 0.1) is 0 Å². The van der Waals surface area contributed by atoms with Crippen molar-refractivity contribution in [3.05, 3.63) is 57.6 Å². The molecule has 1 heterocycles. The first-order chi connectivity index (χ1) is 12.0. The standard InChI is InChI=1S/C19H16N2O3S/c1-11(21)15(9-20)16(22)10-24-19(23)17-8-13-7-6-12-4-2-3-5-14(12)18(13)25-17/h2-5,8H,6-7,10,21H2,1H3. The lowest BCUT2D eigenvalue weighted by atomic mass is 9.91. The summed E-state index contributed by atoms with van der Waals surface area (Å²) < 4.78 is 5.07. The normalized spacial score (nSPS) is 13.1. The van der Waals surface area contributed by atoms with Crippen LogP contribution in [-0.2, 0) is 22.4 Å². The number of nitrogens with two attached hydrogens (primary N) is 1. The van der Waals surface area contributed by atoms with E-state index in [1.807, 2.05) is 18.2 Å². The third kappa shape index (κ3) is 3.32. The Morgan fingerprint density at radius 2 is 2.00 bits per heavy atom. The van der Waals surface area contributed by atoms with Crippen LogP contribution < -0.4 is 5.73 Å². The van der Waals surface area contributed by atoms with Crippen molar-refractivity contribution in [2.24, 2.45) is 5.73 Å². The Kier molecular flexibility index (Phi) is 4.68. The zero-order valence-corrected chi connectivity index (χ0v) is 14.5. The van der Waals surface area contributed by atoms with Crippen molar-refractivity contribution in [2.75, 3.05) is 6.61 Å². The summed E-state index contributed by atoms with van der Waals surface area (Å²) in [4.78, 5) is 25.7. The van der Waals surface area contributed by atoms with Crippen molar-refractivity contribution in [2.45, 2.75) is 19.8 Å². The van der Waals surface area contributed by atoms with E-state index in [0.717, 1.165) is 28.8 Å². The Hall–Kier alpha value is -2.91. The number of ether oxygens (including phenoxy) is 1. The van der Waals surface area contributed by atoms with Crippen LogP contribution in [0.5, 0.6) is 0 Å². The molecule has 1 aromatic heterocycles. The highest BCUT2D eigenvalue weighted by Crippen LogP contribution is 2.39. The molecular weight excluding hydrogens is 336 g/mol. The van der Waals surface area contributed by atoms with E-state index in [2.05, 4.69) is 12.1 Å². The number of esters is 1. The minimum atomic E-state index is -0.595. The lowest BCUT2D eigenvalue weighted by Crippen LogP contribution is -2.17. The van der Waals surface area contributed by atoms with Crippen LogP contribution in [0.25, 0.3) is 10.4 Å². The Morgan fingerprint density at radius 1 is 1.28 bits per heavy atom. The lowest BCUT2D eigenvalue weighted by Gasteiger charge is -2.15. The van der Waals surface area contributed by atoms with Gasteiger partial charge in [0.15, 0.2) is 6.61 Å². The van der Waals surface area contributed by atoms with Crippen LogP contribution in [0.3, 0.4) is 0 Å². The molecule has 25 heavy (non-hydrogen) atoms. The van der Waals surface area contributed by atoms with Gasteiger partial charge in [0.25, 0.3) is 0 Å². The molecule has 126 valence electrons. The lowest BCUT2D eigenvalue weighted by molar-refractivity contribution is -0.118. The Morgan fingerprint density at radius 3 is 2.72 bits per heavy atom. The fourth-order valence-electron chi connectivity index (χ4n) is 2.82. The van der Waals surface area contributed by atoms with Gasteiger partial charge in [-0.3, -0.25) is 4.79 Å². The largest absolute Gasteiger partial charge is 0.453 e. The molecule has 3 rings (SSSR count). The molecule has 0 fully saturated rings. The van der Waals surface area contributed by atoms with Gasteiger partial charge >= 0.3 is 5.97 Å². The van der Waals surface area contributed by atoms with Crippen LogP contribution in [0.4, 0.5) is 0 Å². The zero-order chi connectivity index (χ0) is 18.0. The molecule has 0 bridgehead atoms. The molecule has 0 saturated carbocycles. The second kappa shape index (κ2) is 6.91. The van der Waals surface area contributed by atoms with Crippen LogP contribution in [0, 0.1) is 11.3 Å². The van der Waals surface area contributed by atoms with Gasteiger partial charge in [-0.2, -0.15) is 5.26 Å². The highest BCUT2D eigenvalue weighted by atomic mass is 32.1. The molecule has 0 atom stereocenters. The Labute approximate surface area is 149 Å². The number of rotatable bonds is 4. The van der Waals surface area contributed by atoms with Crippen LogP contribution in [0.15, 0.2) is 41.6 Å². The van der Waals surface area contributed by atoms with Crippen molar-refractivity contribution in [1.82, 2.24) is 0 Å². The van der Waals surface area contributed by atoms with Crippen molar-refractivity contribution in [1.29, 1.82) is 5.26 Å². The van der Waals surface area contributed by atoms with Crippen molar-refractivity contribution >= 4 is 23.1 Å². The first-order valence-corrected chi connectivity index (χ1v) is 8.60. The molecule has 1 aromatic carbocycles. The summed E-state index contributed by atoms with van der Waals surface area (Å²) in [6.45, 7) is 0.971. The molecule has 0 radical (unpaired) electrons. The van der Waals surface area contributed by atoms with Crippen LogP contribution >= 0.6 is 11.3 Å². The molecule has 2 aromatic rings. The maximum Gasteiger partial charge on any atom is 0.348 e. The molecule has 0 saturated heterocycles. The number of hydrogen-bond donors (Lipinski definition) is 1. The number of carbonyl (C=O) groups excluding carboxylic acids is 2. The summed E-state index contributed by atoms with van der Waals surface area (Å²) in [7, 11) is 0. The number of Topliss-reactive ketones (excluding diaryl/α,β-unsaturated/α-hetero) is 1. The number of fused-ring (bicyclic) bond motifs is 3. The van der Waals surface area contributed by atoms with Crippen molar-refractivity contribution in [3.8, 4) is 16.5 Å². The van der Waals surface area contributed by atoms with Crippen LogP contribution in [0.1, 0.15) is 27.7 Å². The summed E-state index contributed by atoms with van der Waals surface area (Å²) in [5.74, 6) is -1.15. The second-order valence-corrected chi connectivity index (χ2v) is 6.84. The van der Waals surface area contributed by atoms with Gasteiger partial charge in [-0.1, -0.05) is 24.3 Å². The highest BCUT2D eigenvalue weighted by Gasteiger charge is 2.23. The fourth-order valence-corrected chi connectivity index (χ4v) is 3.98. The van der Waals surface area contributed by atoms with Gasteiger partial charge in [0.2, 0.25) is 5.78 Å². The first kappa shape index (κ1) is 16.9. The van der Waals surface area contributed by atoms with Crippen molar-refractivity contribution in [3.63, 3.8) is 0 Å². The van der Waals surface area contributed by atoms with E-state index in [-0.39, 0.29) is 11.3 Å². The molecule has 1 aliphatic carbocycles. The molecule has 0 aliphatic heterocycles. The molecule has 6 heteroatoms. The second-order valence-electron chi connectivity index (χ2n) is 5.79. The minimum Gasteiger partial charge on any atom is -0.453 e. The number of ketones is 1. The molecule has 0 amide bonds. The molecule has 2 N–H and O–H groups in total. The predicted molar refractivity (Wildman–Crippen MR) is 95.0 cm³/mol. The van der Waals surface area contributed by atoms with E-state index in [0.29, 0.717) is 4.88 Å². The summed E-state index contributed by atoms with van der Waals surface area (Å²) in [6, 6.07) is 11.7. The number of nitrogens with zero attached hydrogens (tertiary/aromatic N) is 1. The predicted octanol–water partition coefficient (Wildman–Crippen LogP) is 3.00. The summed E-state index contributed by atoms with van der Waals surface area (Å²) in [6.07, 6.45) is 1.82. The van der Waals surface area contributed by atoms with Gasteiger partial charge in [0.1, 0.15) is 16.5 Å². The summed E-state index contributed by atoms with van der Waals surface area (Å²) in [5.41, 5.74) is 8.96. The van der Waals surface area contributed by atoms with Gasteiger partial charge in [-0.05, 0) is 42.5 Å². The monoisotopic (exact) mass is 352 g/mol. The van der Waals surface area contributed by atoms with E-state index < -0.39 is 18.4 Å². The quantitative estimate of drug-likeness (QED) is 0.519. The minimum absolute atomic E-state index is 0.117. The van der Waals surface area contributed by atoms with E-state index in [1.54, 1.807) is 6.07 Å². The fraction of sp³-hybridized carbons (Fsp3) is 0.211. The van der Waals surface area contributed by atoms with E-state index in [4.69, 9.17) is 15.7 Å². The number of thiophene rings is 1. The molecule has 0 unspecified atom stereocenters. The third-order valence-electron chi connectivity index (χ3n) is 4.06. The smallest absolute Gasteiger partial charge is 0.348 e. The number of aryl methyl sites for hydroxylation is 2. The van der Waals surface area contributed by atoms with E-state index >= 15 is 0 Å². The first-order valence-electron chi connectivity index (χ1n) is 7.79. The van der Waals surface area contributed by atoms with E-state index in [9.17, 15) is 9.59 Å². The van der Waals surface area contributed by atoms with Crippen molar-refractivity contribution < 1.29 is 14.3 Å². The third-order valence-corrected chi connectivity index (χ3v) is 5.25. The topological polar surface area (TPSA) is 93.2 Å². The number of carbonyl (C=O) groups is 2. The molecule has 5 nitrogen and oxygen atoms in total. The van der Waals surface area contributed by atoms with Gasteiger partial charge in [0, 0.05) is 10.6 Å². The number of nitriles is 1. The maximum absolute atomic E-state index is 12.3. The Bertz CT molecular complexity index is 930.